The van der Waals surface area contributed by atoms with Crippen molar-refractivity contribution in [2.24, 2.45) is 0 Å². The van der Waals surface area contributed by atoms with E-state index in [4.69, 9.17) is 0 Å². The predicted octanol–water partition coefficient (Wildman–Crippen LogP) is 0.822. The van der Waals surface area contributed by atoms with E-state index in [1.165, 1.54) is 0 Å². The molecule has 0 saturated carbocycles. The Morgan fingerprint density at radius 2 is 2.24 bits per heavy atom. The number of hydrogen-bond donors (Lipinski definition) is 2. The third-order valence-corrected chi connectivity index (χ3v) is 2.49. The monoisotopic (exact) mass is 254 g/mol. The van der Waals surface area contributed by atoms with Crippen LogP contribution in [0.3, 0.4) is 0 Å². The number of amides is 1. The fourth-order valence-electron chi connectivity index (χ4n) is 1.79. The first-order chi connectivity index (χ1) is 7.87. The van der Waals surface area contributed by atoms with Crippen LogP contribution in [0.25, 0.3) is 0 Å². The van der Waals surface area contributed by atoms with E-state index < -0.39 is 25.3 Å². The Hall–Kier alpha value is -0.820. The molecule has 100 valence electrons. The largest absolute Gasteiger partial charge is 0.411 e. The van der Waals surface area contributed by atoms with Crippen molar-refractivity contribution in [3.8, 4) is 0 Å². The van der Waals surface area contributed by atoms with Gasteiger partial charge in [0.1, 0.15) is 13.2 Å². The van der Waals surface area contributed by atoms with Gasteiger partial charge in [-0.1, -0.05) is 0 Å². The van der Waals surface area contributed by atoms with Gasteiger partial charge in [0.2, 0.25) is 5.91 Å². The molecule has 0 radical (unpaired) electrons. The molecule has 2 atom stereocenters. The highest BCUT2D eigenvalue weighted by atomic mass is 19.4. The smallest absolute Gasteiger partial charge is 0.362 e. The Morgan fingerprint density at radius 3 is 2.82 bits per heavy atom. The molecule has 1 saturated heterocycles. The van der Waals surface area contributed by atoms with Crippen molar-refractivity contribution in [3.05, 3.63) is 0 Å². The molecule has 0 aromatic heterocycles. The minimum atomic E-state index is -4.39. The maximum atomic E-state index is 11.8. The maximum Gasteiger partial charge on any atom is 0.411 e. The van der Waals surface area contributed by atoms with E-state index >= 15 is 0 Å². The van der Waals surface area contributed by atoms with Crippen LogP contribution in [0, 0.1) is 0 Å². The topological polar surface area (TPSA) is 50.4 Å². The summed E-state index contributed by atoms with van der Waals surface area (Å²) in [4.78, 5) is 11.3. The van der Waals surface area contributed by atoms with Crippen molar-refractivity contribution in [1.29, 1.82) is 0 Å². The van der Waals surface area contributed by atoms with Crippen molar-refractivity contribution < 1.29 is 22.7 Å². The normalized spacial score (nSPS) is 25.6. The van der Waals surface area contributed by atoms with Crippen molar-refractivity contribution in [2.75, 3.05) is 19.8 Å². The van der Waals surface area contributed by atoms with Crippen molar-refractivity contribution >= 4 is 5.91 Å². The summed E-state index contributed by atoms with van der Waals surface area (Å²) >= 11 is 0. The molecule has 1 amide bonds. The predicted molar refractivity (Wildman–Crippen MR) is 55.5 cm³/mol. The number of carbonyl (C=O) groups is 1. The van der Waals surface area contributed by atoms with Crippen LogP contribution in [-0.2, 0) is 9.53 Å². The minimum Gasteiger partial charge on any atom is -0.362 e. The molecule has 2 N–H and O–H groups in total. The van der Waals surface area contributed by atoms with E-state index in [0.29, 0.717) is 6.04 Å². The number of carbonyl (C=O) groups excluding carboxylic acids is 1. The number of alkyl halides is 3. The van der Waals surface area contributed by atoms with Gasteiger partial charge in [-0.15, -0.1) is 0 Å². The summed E-state index contributed by atoms with van der Waals surface area (Å²) in [6, 6.07) is 0.332. The second kappa shape index (κ2) is 6.20. The Balaban J connectivity index is 2.16. The molecular formula is C10H17F3N2O2. The van der Waals surface area contributed by atoms with Gasteiger partial charge >= 0.3 is 6.18 Å². The molecule has 0 spiro atoms. The second-order valence-corrected chi connectivity index (χ2v) is 4.25. The standard InChI is InChI=1S/C10H17F3N2O2/c1-7-4-8(2-3-14-7)15-9(16)5-17-6-10(11,12)13/h7-8,14H,2-6H2,1H3,(H,15,16). The quantitative estimate of drug-likeness (QED) is 0.781. The molecule has 0 aromatic carbocycles. The van der Waals surface area contributed by atoms with Gasteiger partial charge in [-0.25, -0.2) is 0 Å². The molecule has 1 rings (SSSR count). The summed E-state index contributed by atoms with van der Waals surface area (Å²) < 4.78 is 39.5. The zero-order chi connectivity index (χ0) is 12.9. The number of rotatable bonds is 4. The van der Waals surface area contributed by atoms with Crippen LogP contribution in [0.1, 0.15) is 19.8 Å². The summed E-state index contributed by atoms with van der Waals surface area (Å²) in [5, 5.41) is 5.88. The summed E-state index contributed by atoms with van der Waals surface area (Å²) in [6.45, 7) is 0.870. The van der Waals surface area contributed by atoms with Gasteiger partial charge < -0.3 is 15.4 Å². The van der Waals surface area contributed by atoms with Gasteiger partial charge in [0.05, 0.1) is 0 Å². The van der Waals surface area contributed by atoms with Crippen LogP contribution in [0.5, 0.6) is 0 Å². The third-order valence-electron chi connectivity index (χ3n) is 2.49. The molecule has 1 fully saturated rings. The van der Waals surface area contributed by atoms with E-state index in [2.05, 4.69) is 15.4 Å². The number of halogens is 3. The zero-order valence-corrected chi connectivity index (χ0v) is 9.64. The van der Waals surface area contributed by atoms with Gasteiger partial charge in [0.15, 0.2) is 0 Å². The first-order valence-electron chi connectivity index (χ1n) is 5.54. The molecule has 7 heteroatoms. The molecule has 17 heavy (non-hydrogen) atoms. The van der Waals surface area contributed by atoms with E-state index in [1.807, 2.05) is 6.92 Å². The molecule has 2 unspecified atom stereocenters. The molecule has 1 heterocycles. The first-order valence-corrected chi connectivity index (χ1v) is 5.54. The summed E-state index contributed by atoms with van der Waals surface area (Å²) in [6.07, 6.45) is -2.82. The van der Waals surface area contributed by atoms with E-state index in [9.17, 15) is 18.0 Å². The Morgan fingerprint density at radius 1 is 1.53 bits per heavy atom. The molecular weight excluding hydrogens is 237 g/mol. The van der Waals surface area contributed by atoms with Crippen LogP contribution < -0.4 is 10.6 Å². The Labute approximate surface area is 97.9 Å². The molecule has 4 nitrogen and oxygen atoms in total. The Bertz CT molecular complexity index is 258. The maximum absolute atomic E-state index is 11.8. The average Bonchev–Trinajstić information content (AvgIpc) is 2.15. The number of piperidine rings is 1. The fraction of sp³-hybridized carbons (Fsp3) is 0.900. The van der Waals surface area contributed by atoms with Crippen molar-refractivity contribution in [1.82, 2.24) is 10.6 Å². The van der Waals surface area contributed by atoms with Crippen LogP contribution in [0.4, 0.5) is 13.2 Å². The summed E-state index contributed by atoms with van der Waals surface area (Å²) in [5.41, 5.74) is 0. The second-order valence-electron chi connectivity index (χ2n) is 4.25. The van der Waals surface area contributed by atoms with Gasteiger partial charge in [0.25, 0.3) is 0 Å². The Kier molecular flexibility index (Phi) is 5.20. The van der Waals surface area contributed by atoms with Gasteiger partial charge in [-0.2, -0.15) is 13.2 Å². The zero-order valence-electron chi connectivity index (χ0n) is 9.64. The minimum absolute atomic E-state index is 0.0215. The van der Waals surface area contributed by atoms with Crippen LogP contribution in [0.2, 0.25) is 0 Å². The molecule has 0 aliphatic carbocycles. The number of nitrogens with one attached hydrogen (secondary N) is 2. The van der Waals surface area contributed by atoms with E-state index in [0.717, 1.165) is 19.4 Å². The number of ether oxygens (including phenoxy) is 1. The van der Waals surface area contributed by atoms with Crippen molar-refractivity contribution in [2.45, 2.75) is 38.0 Å². The van der Waals surface area contributed by atoms with Crippen LogP contribution in [-0.4, -0.2) is 43.9 Å². The lowest BCUT2D eigenvalue weighted by atomic mass is 10.0. The molecule has 1 aliphatic heterocycles. The molecule has 1 aliphatic rings. The highest BCUT2D eigenvalue weighted by Crippen LogP contribution is 2.14. The average molecular weight is 254 g/mol. The summed E-state index contributed by atoms with van der Waals surface area (Å²) in [5.74, 6) is -0.492. The molecule has 0 aromatic rings. The highest BCUT2D eigenvalue weighted by Gasteiger charge is 2.28. The highest BCUT2D eigenvalue weighted by molar-refractivity contribution is 5.77. The van der Waals surface area contributed by atoms with Gasteiger partial charge in [0, 0.05) is 12.1 Å². The van der Waals surface area contributed by atoms with Crippen LogP contribution >= 0.6 is 0 Å². The first kappa shape index (κ1) is 14.2. The SMILES string of the molecule is CC1CC(NC(=O)COCC(F)(F)F)CCN1. The van der Waals surface area contributed by atoms with Gasteiger partial charge in [-0.05, 0) is 26.3 Å². The molecule has 0 bridgehead atoms. The van der Waals surface area contributed by atoms with E-state index in [1.54, 1.807) is 0 Å². The van der Waals surface area contributed by atoms with Gasteiger partial charge in [-0.3, -0.25) is 4.79 Å². The lowest BCUT2D eigenvalue weighted by Crippen LogP contribution is -2.47. The number of hydrogen-bond acceptors (Lipinski definition) is 3. The lowest BCUT2D eigenvalue weighted by Gasteiger charge is -2.28. The van der Waals surface area contributed by atoms with E-state index in [-0.39, 0.29) is 6.04 Å². The van der Waals surface area contributed by atoms with Crippen LogP contribution in [0.15, 0.2) is 0 Å². The lowest BCUT2D eigenvalue weighted by molar-refractivity contribution is -0.175. The fourth-order valence-corrected chi connectivity index (χ4v) is 1.79. The van der Waals surface area contributed by atoms with Crippen molar-refractivity contribution in [3.63, 3.8) is 0 Å². The summed E-state index contributed by atoms with van der Waals surface area (Å²) in [7, 11) is 0. The third kappa shape index (κ3) is 6.48.